The normalized spacial score (nSPS) is 12.3. The van der Waals surface area contributed by atoms with E-state index in [-0.39, 0.29) is 6.07 Å². The first-order valence-corrected chi connectivity index (χ1v) is 4.71. The Morgan fingerprint density at radius 1 is 1.25 bits per heavy atom. The van der Waals surface area contributed by atoms with Crippen molar-refractivity contribution < 1.29 is 41.0 Å². The lowest BCUT2D eigenvalue weighted by molar-refractivity contribution is -0.276. The van der Waals surface area contributed by atoms with Crippen LogP contribution in [0.5, 0.6) is 5.88 Å². The number of aromatic amines is 1. The molecule has 0 aliphatic heterocycles. The van der Waals surface area contributed by atoms with E-state index >= 15 is 0 Å². The Balaban J connectivity index is 3.41. The van der Waals surface area contributed by atoms with Crippen molar-refractivity contribution >= 4 is 5.97 Å². The zero-order valence-corrected chi connectivity index (χ0v) is 9.22. The summed E-state index contributed by atoms with van der Waals surface area (Å²) in [7, 11) is 0. The van der Waals surface area contributed by atoms with Crippen molar-refractivity contribution in [1.29, 1.82) is 0 Å². The number of ether oxygens (including phenoxy) is 1. The number of halogens is 6. The number of carboxylic acids is 1. The highest BCUT2D eigenvalue weighted by molar-refractivity contribution is 5.71. The fourth-order valence-electron chi connectivity index (χ4n) is 1.38. The summed E-state index contributed by atoms with van der Waals surface area (Å²) >= 11 is 0. The maximum atomic E-state index is 12.6. The Labute approximate surface area is 105 Å². The fraction of sp³-hybridized carbons (Fsp3) is 0.333. The van der Waals surface area contributed by atoms with E-state index in [2.05, 4.69) is 4.74 Å². The Hall–Kier alpha value is -2.20. The summed E-state index contributed by atoms with van der Waals surface area (Å²) in [6, 6.07) is 0.172. The van der Waals surface area contributed by atoms with Crippen molar-refractivity contribution in [2.75, 3.05) is 0 Å². The molecule has 0 unspecified atom stereocenters. The van der Waals surface area contributed by atoms with Gasteiger partial charge in [0.15, 0.2) is 0 Å². The van der Waals surface area contributed by atoms with E-state index in [0.717, 1.165) is 0 Å². The van der Waals surface area contributed by atoms with Gasteiger partial charge in [0, 0.05) is 6.07 Å². The number of pyridine rings is 1. The average Bonchev–Trinajstić information content (AvgIpc) is 2.08. The number of hydrogen-bond donors (Lipinski definition) is 2. The van der Waals surface area contributed by atoms with Crippen molar-refractivity contribution in [2.45, 2.75) is 19.0 Å². The van der Waals surface area contributed by atoms with E-state index in [1.54, 1.807) is 0 Å². The molecule has 1 heterocycles. The van der Waals surface area contributed by atoms with Crippen LogP contribution in [0.3, 0.4) is 0 Å². The van der Waals surface area contributed by atoms with Gasteiger partial charge in [-0.3, -0.25) is 14.6 Å². The molecule has 0 fully saturated rings. The molecule has 0 atom stereocenters. The third-order valence-electron chi connectivity index (χ3n) is 1.94. The Morgan fingerprint density at radius 2 is 1.80 bits per heavy atom. The van der Waals surface area contributed by atoms with E-state index in [4.69, 9.17) is 5.11 Å². The summed E-state index contributed by atoms with van der Waals surface area (Å²) in [5.74, 6) is -3.08. The zero-order valence-electron chi connectivity index (χ0n) is 9.22. The van der Waals surface area contributed by atoms with Crippen molar-refractivity contribution in [3.8, 4) is 5.88 Å². The molecule has 1 aromatic rings. The van der Waals surface area contributed by atoms with E-state index in [9.17, 15) is 35.9 Å². The molecule has 20 heavy (non-hydrogen) atoms. The summed E-state index contributed by atoms with van der Waals surface area (Å²) in [4.78, 5) is 22.8. The summed E-state index contributed by atoms with van der Waals surface area (Å²) < 4.78 is 76.7. The van der Waals surface area contributed by atoms with Crippen LogP contribution in [0.2, 0.25) is 0 Å². The number of aliphatic carboxylic acids is 1. The first kappa shape index (κ1) is 15.9. The Kier molecular flexibility index (Phi) is 4.01. The van der Waals surface area contributed by atoms with Gasteiger partial charge in [-0.2, -0.15) is 13.2 Å². The summed E-state index contributed by atoms with van der Waals surface area (Å²) in [6.07, 6.45) is -11.7. The molecule has 0 saturated carbocycles. The van der Waals surface area contributed by atoms with Gasteiger partial charge in [-0.05, 0) is 5.56 Å². The number of hydrogen-bond acceptors (Lipinski definition) is 3. The van der Waals surface area contributed by atoms with Crippen LogP contribution in [-0.4, -0.2) is 22.4 Å². The maximum Gasteiger partial charge on any atom is 0.574 e. The second-order valence-corrected chi connectivity index (χ2v) is 3.48. The van der Waals surface area contributed by atoms with Gasteiger partial charge < -0.3 is 9.84 Å². The molecule has 0 aliphatic carbocycles. The Bertz CT molecular complexity index is 573. The van der Waals surface area contributed by atoms with Gasteiger partial charge in [0.1, 0.15) is 5.56 Å². The van der Waals surface area contributed by atoms with Crippen molar-refractivity contribution in [1.82, 2.24) is 4.98 Å². The molecule has 1 aromatic heterocycles. The van der Waals surface area contributed by atoms with Crippen LogP contribution in [0.25, 0.3) is 0 Å². The number of carboxylic acid groups (broad SMARTS) is 1. The lowest BCUT2D eigenvalue weighted by Gasteiger charge is -2.13. The van der Waals surface area contributed by atoms with Gasteiger partial charge in [-0.25, -0.2) is 0 Å². The van der Waals surface area contributed by atoms with E-state index < -0.39 is 47.5 Å². The lowest BCUT2D eigenvalue weighted by Crippen LogP contribution is -2.27. The first-order chi connectivity index (χ1) is 8.90. The molecule has 0 amide bonds. The molecule has 112 valence electrons. The van der Waals surface area contributed by atoms with E-state index in [0.29, 0.717) is 0 Å². The summed E-state index contributed by atoms with van der Waals surface area (Å²) in [5.41, 5.74) is -4.93. The number of carbonyl (C=O) groups is 1. The van der Waals surface area contributed by atoms with Gasteiger partial charge in [-0.15, -0.1) is 13.2 Å². The van der Waals surface area contributed by atoms with Gasteiger partial charge in [0.25, 0.3) is 5.56 Å². The molecular formula is C9H5F6NO4. The zero-order chi connectivity index (χ0) is 15.7. The maximum absolute atomic E-state index is 12.6. The van der Waals surface area contributed by atoms with Crippen molar-refractivity contribution in [3.63, 3.8) is 0 Å². The number of H-pyrrole nitrogens is 1. The quantitative estimate of drug-likeness (QED) is 0.836. The van der Waals surface area contributed by atoms with Crippen LogP contribution in [0, 0.1) is 0 Å². The van der Waals surface area contributed by atoms with Crippen LogP contribution >= 0.6 is 0 Å². The predicted molar refractivity (Wildman–Crippen MR) is 50.1 cm³/mol. The minimum Gasteiger partial charge on any atom is -0.481 e. The number of nitrogens with one attached hydrogen (secondary N) is 1. The second-order valence-electron chi connectivity index (χ2n) is 3.48. The van der Waals surface area contributed by atoms with Gasteiger partial charge in [-0.1, -0.05) is 0 Å². The third-order valence-corrected chi connectivity index (χ3v) is 1.94. The molecule has 0 spiro atoms. The van der Waals surface area contributed by atoms with Gasteiger partial charge >= 0.3 is 18.5 Å². The van der Waals surface area contributed by atoms with Crippen LogP contribution in [0.1, 0.15) is 11.1 Å². The van der Waals surface area contributed by atoms with Gasteiger partial charge in [0.05, 0.1) is 6.42 Å². The Morgan fingerprint density at radius 3 is 2.20 bits per heavy atom. The molecule has 5 nitrogen and oxygen atoms in total. The van der Waals surface area contributed by atoms with Crippen LogP contribution in [-0.2, 0) is 17.4 Å². The fourth-order valence-corrected chi connectivity index (χ4v) is 1.38. The average molecular weight is 305 g/mol. The monoisotopic (exact) mass is 305 g/mol. The molecule has 0 saturated heterocycles. The first-order valence-electron chi connectivity index (χ1n) is 4.71. The molecular weight excluding hydrogens is 300 g/mol. The second kappa shape index (κ2) is 5.06. The standard InChI is InChI=1S/C9H5F6NO4/c10-8(11,12)6-3(2-5(17)18)1-4(16-7(6)19)20-9(13,14)15/h1H,2H2,(H,16,19)(H,17,18). The van der Waals surface area contributed by atoms with E-state index in [1.807, 2.05) is 0 Å². The molecule has 0 radical (unpaired) electrons. The summed E-state index contributed by atoms with van der Waals surface area (Å²) in [5, 5.41) is 8.43. The van der Waals surface area contributed by atoms with Crippen molar-refractivity contribution in [3.05, 3.63) is 27.5 Å². The molecule has 2 N–H and O–H groups in total. The molecule has 11 heteroatoms. The number of aromatic nitrogens is 1. The van der Waals surface area contributed by atoms with Crippen molar-refractivity contribution in [2.24, 2.45) is 0 Å². The third kappa shape index (κ3) is 4.17. The molecule has 0 aliphatic rings. The van der Waals surface area contributed by atoms with E-state index in [1.165, 1.54) is 4.98 Å². The highest BCUT2D eigenvalue weighted by Gasteiger charge is 2.39. The topological polar surface area (TPSA) is 79.4 Å². The van der Waals surface area contributed by atoms with Gasteiger partial charge in [0.2, 0.25) is 5.88 Å². The largest absolute Gasteiger partial charge is 0.574 e. The highest BCUT2D eigenvalue weighted by atomic mass is 19.4. The smallest absolute Gasteiger partial charge is 0.481 e. The van der Waals surface area contributed by atoms with Crippen LogP contribution in [0.15, 0.2) is 10.9 Å². The predicted octanol–water partition coefficient (Wildman–Crippen LogP) is 1.92. The van der Waals surface area contributed by atoms with Crippen LogP contribution < -0.4 is 10.3 Å². The summed E-state index contributed by atoms with van der Waals surface area (Å²) in [6.45, 7) is 0. The minimum absolute atomic E-state index is 0.172. The van der Waals surface area contributed by atoms with Crippen LogP contribution in [0.4, 0.5) is 26.3 Å². The highest BCUT2D eigenvalue weighted by Crippen LogP contribution is 2.31. The number of rotatable bonds is 3. The molecule has 1 rings (SSSR count). The molecule has 0 aromatic carbocycles. The SMILES string of the molecule is O=C(O)Cc1cc(OC(F)(F)F)[nH]c(=O)c1C(F)(F)F. The lowest BCUT2D eigenvalue weighted by atomic mass is 10.1. The minimum atomic E-state index is -5.25. The number of alkyl halides is 6. The molecule has 0 bridgehead atoms.